The van der Waals surface area contributed by atoms with Crippen LogP contribution in [-0.4, -0.2) is 19.3 Å². The maximum Gasteiger partial charge on any atom is 0.0772 e. The van der Waals surface area contributed by atoms with E-state index in [4.69, 9.17) is 27.9 Å². The smallest absolute Gasteiger partial charge is 0.0772 e. The van der Waals surface area contributed by atoms with Gasteiger partial charge in [0.25, 0.3) is 0 Å². The molecule has 1 fully saturated rings. The Hall–Kier alpha value is -0.440. The lowest BCUT2D eigenvalue weighted by Crippen LogP contribution is -2.37. The van der Waals surface area contributed by atoms with Crippen molar-refractivity contribution in [3.05, 3.63) is 28.2 Å². The van der Waals surface area contributed by atoms with E-state index in [9.17, 15) is 0 Å². The summed E-state index contributed by atoms with van der Waals surface area (Å²) in [5.74, 6) is 0. The van der Waals surface area contributed by atoms with Gasteiger partial charge in [-0.3, -0.25) is 0 Å². The molecule has 17 heavy (non-hydrogen) atoms. The first kappa shape index (κ1) is 13.0. The molecule has 1 aromatic carbocycles. The third-order valence-electron chi connectivity index (χ3n) is 3.28. The summed E-state index contributed by atoms with van der Waals surface area (Å²) in [6.45, 7) is 0. The predicted molar refractivity (Wildman–Crippen MR) is 73.1 cm³/mol. The van der Waals surface area contributed by atoms with Crippen LogP contribution in [0.5, 0.6) is 0 Å². The van der Waals surface area contributed by atoms with E-state index in [-0.39, 0.29) is 0 Å². The minimum absolute atomic E-state index is 0.290. The molecule has 1 aliphatic carbocycles. The molecule has 94 valence electrons. The predicted octanol–water partition coefficient (Wildman–Crippen LogP) is 4.36. The lowest BCUT2D eigenvalue weighted by Gasteiger charge is -2.31. The molecule has 1 N–H and O–H groups in total. The molecule has 2 atom stereocenters. The number of halogens is 2. The summed E-state index contributed by atoms with van der Waals surface area (Å²) < 4.78 is 5.51. The molecule has 0 saturated heterocycles. The fourth-order valence-corrected chi connectivity index (χ4v) is 2.64. The van der Waals surface area contributed by atoms with Gasteiger partial charge in [0.1, 0.15) is 0 Å². The number of nitrogens with one attached hydrogen (secondary N) is 1. The highest BCUT2D eigenvalue weighted by molar-refractivity contribution is 6.42. The fourth-order valence-electron chi connectivity index (χ4n) is 2.34. The van der Waals surface area contributed by atoms with Gasteiger partial charge in [0, 0.05) is 12.8 Å². The number of methoxy groups -OCH3 is 1. The summed E-state index contributed by atoms with van der Waals surface area (Å²) >= 11 is 11.9. The molecule has 1 aliphatic rings. The highest BCUT2D eigenvalue weighted by atomic mass is 35.5. The third kappa shape index (κ3) is 3.27. The molecule has 1 aromatic rings. The normalized spacial score (nSPS) is 24.6. The number of hydrogen-bond donors (Lipinski definition) is 1. The maximum atomic E-state index is 6.00. The zero-order chi connectivity index (χ0) is 12.3. The largest absolute Gasteiger partial charge is 0.380 e. The molecule has 0 aliphatic heterocycles. The van der Waals surface area contributed by atoms with E-state index in [1.165, 1.54) is 12.8 Å². The Bertz CT molecular complexity index is 384. The number of benzene rings is 1. The molecule has 4 heteroatoms. The van der Waals surface area contributed by atoms with Crippen LogP contribution in [0.2, 0.25) is 10.0 Å². The molecule has 0 radical (unpaired) electrons. The van der Waals surface area contributed by atoms with Crippen molar-refractivity contribution in [3.8, 4) is 0 Å². The molecule has 0 aromatic heterocycles. The van der Waals surface area contributed by atoms with Gasteiger partial charge in [-0.05, 0) is 31.0 Å². The second kappa shape index (κ2) is 5.94. The Labute approximate surface area is 112 Å². The first-order chi connectivity index (χ1) is 8.20. The minimum Gasteiger partial charge on any atom is -0.380 e. The van der Waals surface area contributed by atoms with Gasteiger partial charge in [-0.1, -0.05) is 36.0 Å². The van der Waals surface area contributed by atoms with Crippen molar-refractivity contribution in [1.82, 2.24) is 0 Å². The van der Waals surface area contributed by atoms with E-state index in [0.717, 1.165) is 18.5 Å². The summed E-state index contributed by atoms with van der Waals surface area (Å²) in [4.78, 5) is 0. The Morgan fingerprint density at radius 3 is 2.65 bits per heavy atom. The van der Waals surface area contributed by atoms with Crippen molar-refractivity contribution >= 4 is 28.9 Å². The van der Waals surface area contributed by atoms with Gasteiger partial charge in [0.15, 0.2) is 0 Å². The molecule has 2 rings (SSSR count). The van der Waals surface area contributed by atoms with Crippen LogP contribution in [0.4, 0.5) is 5.69 Å². The summed E-state index contributed by atoms with van der Waals surface area (Å²) in [5, 5.41) is 4.65. The van der Waals surface area contributed by atoms with Crippen LogP contribution >= 0.6 is 23.2 Å². The first-order valence-electron chi connectivity index (χ1n) is 5.95. The van der Waals surface area contributed by atoms with Gasteiger partial charge in [-0.2, -0.15) is 0 Å². The van der Waals surface area contributed by atoms with Gasteiger partial charge < -0.3 is 10.1 Å². The van der Waals surface area contributed by atoms with E-state index < -0.39 is 0 Å². The summed E-state index contributed by atoms with van der Waals surface area (Å²) in [7, 11) is 1.78. The highest BCUT2D eigenvalue weighted by Crippen LogP contribution is 2.28. The average molecular weight is 274 g/mol. The molecule has 0 heterocycles. The van der Waals surface area contributed by atoms with Crippen molar-refractivity contribution in [1.29, 1.82) is 0 Å². The lowest BCUT2D eigenvalue weighted by atomic mass is 9.92. The van der Waals surface area contributed by atoms with Crippen molar-refractivity contribution in [3.63, 3.8) is 0 Å². The molecule has 0 bridgehead atoms. The van der Waals surface area contributed by atoms with Crippen molar-refractivity contribution in [2.45, 2.75) is 37.8 Å². The van der Waals surface area contributed by atoms with E-state index in [1.807, 2.05) is 18.2 Å². The van der Waals surface area contributed by atoms with E-state index in [1.54, 1.807) is 7.11 Å². The van der Waals surface area contributed by atoms with Crippen molar-refractivity contribution in [2.24, 2.45) is 0 Å². The van der Waals surface area contributed by atoms with Gasteiger partial charge in [0.05, 0.1) is 22.2 Å². The van der Waals surface area contributed by atoms with Crippen LogP contribution in [0.15, 0.2) is 18.2 Å². The minimum atomic E-state index is 0.290. The van der Waals surface area contributed by atoms with Crippen molar-refractivity contribution < 1.29 is 4.74 Å². The lowest BCUT2D eigenvalue weighted by molar-refractivity contribution is 0.0606. The van der Waals surface area contributed by atoms with Gasteiger partial charge in [0.2, 0.25) is 0 Å². The van der Waals surface area contributed by atoms with Crippen LogP contribution in [0, 0.1) is 0 Å². The van der Waals surface area contributed by atoms with Crippen LogP contribution in [0.1, 0.15) is 25.7 Å². The van der Waals surface area contributed by atoms with Gasteiger partial charge in [-0.25, -0.2) is 0 Å². The molecular formula is C13H17Cl2NO. The SMILES string of the molecule is COC1CCCCC1Nc1ccc(Cl)c(Cl)c1. The van der Waals surface area contributed by atoms with Crippen LogP contribution in [-0.2, 0) is 4.74 Å². The Morgan fingerprint density at radius 2 is 1.94 bits per heavy atom. The zero-order valence-corrected chi connectivity index (χ0v) is 11.4. The molecule has 1 saturated carbocycles. The Kier molecular flexibility index (Phi) is 4.55. The van der Waals surface area contributed by atoms with E-state index in [0.29, 0.717) is 22.2 Å². The zero-order valence-electron chi connectivity index (χ0n) is 9.88. The molecular weight excluding hydrogens is 257 g/mol. The maximum absolute atomic E-state index is 6.00. The quantitative estimate of drug-likeness (QED) is 0.884. The number of rotatable bonds is 3. The Morgan fingerprint density at radius 1 is 1.18 bits per heavy atom. The average Bonchev–Trinajstić information content (AvgIpc) is 2.34. The number of anilines is 1. The molecule has 2 nitrogen and oxygen atoms in total. The Balaban J connectivity index is 2.05. The standard InChI is InChI=1S/C13H17Cl2NO/c1-17-13-5-3-2-4-12(13)16-9-6-7-10(14)11(15)8-9/h6-8,12-13,16H,2-5H2,1H3. The highest BCUT2D eigenvalue weighted by Gasteiger charge is 2.24. The number of hydrogen-bond acceptors (Lipinski definition) is 2. The summed E-state index contributed by atoms with van der Waals surface area (Å²) in [6, 6.07) is 6.00. The van der Waals surface area contributed by atoms with Crippen LogP contribution in [0.25, 0.3) is 0 Å². The number of ether oxygens (including phenoxy) is 1. The van der Waals surface area contributed by atoms with Gasteiger partial charge in [-0.15, -0.1) is 0 Å². The third-order valence-corrected chi connectivity index (χ3v) is 4.02. The summed E-state index contributed by atoms with van der Waals surface area (Å²) in [6.07, 6.45) is 5.05. The van der Waals surface area contributed by atoms with Crippen LogP contribution < -0.4 is 5.32 Å². The second-order valence-corrected chi connectivity index (χ2v) is 5.25. The van der Waals surface area contributed by atoms with E-state index >= 15 is 0 Å². The van der Waals surface area contributed by atoms with E-state index in [2.05, 4.69) is 5.32 Å². The molecule has 0 spiro atoms. The molecule has 2 unspecified atom stereocenters. The second-order valence-electron chi connectivity index (χ2n) is 4.44. The van der Waals surface area contributed by atoms with Gasteiger partial charge >= 0.3 is 0 Å². The molecule has 0 amide bonds. The van der Waals surface area contributed by atoms with Crippen molar-refractivity contribution in [2.75, 3.05) is 12.4 Å². The topological polar surface area (TPSA) is 21.3 Å². The summed E-state index contributed by atoms with van der Waals surface area (Å²) in [5.41, 5.74) is 1.01. The monoisotopic (exact) mass is 273 g/mol. The first-order valence-corrected chi connectivity index (χ1v) is 6.70. The van der Waals surface area contributed by atoms with Crippen LogP contribution in [0.3, 0.4) is 0 Å². The fraction of sp³-hybridized carbons (Fsp3) is 0.538.